The van der Waals surface area contributed by atoms with Gasteiger partial charge in [0.1, 0.15) is 11.5 Å². The van der Waals surface area contributed by atoms with Crippen LogP contribution in [0.25, 0.3) is 56.0 Å². The Hall–Kier alpha value is -4.50. The van der Waals surface area contributed by atoms with Crippen LogP contribution in [-0.2, 0) is 6.42 Å². The van der Waals surface area contributed by atoms with E-state index < -0.39 is 0 Å². The van der Waals surface area contributed by atoms with Gasteiger partial charge in [-0.05, 0) is 81.0 Å². The van der Waals surface area contributed by atoms with Gasteiger partial charge in [0.2, 0.25) is 0 Å². The van der Waals surface area contributed by atoms with Crippen LogP contribution in [-0.4, -0.2) is 60.7 Å². The van der Waals surface area contributed by atoms with Crippen molar-refractivity contribution in [2.75, 3.05) is 20.6 Å². The Kier molecular flexibility index (Phi) is 5.90. The number of hydrogen-bond acceptors (Lipinski definition) is 6. The first-order valence-corrected chi connectivity index (χ1v) is 12.1. The molecule has 6 rings (SSSR count). The fourth-order valence-electron chi connectivity index (χ4n) is 4.58. The largest absolute Gasteiger partial charge is 0.335 e. The van der Waals surface area contributed by atoms with Gasteiger partial charge in [0.25, 0.3) is 0 Å². The molecule has 0 bridgehead atoms. The van der Waals surface area contributed by atoms with Crippen LogP contribution in [0, 0.1) is 5.82 Å². The zero-order valence-corrected chi connectivity index (χ0v) is 20.5. The van der Waals surface area contributed by atoms with E-state index in [0.717, 1.165) is 63.8 Å². The standard InChI is InChI=1S/C28H25FN8/c1-37(2)10-4-5-17-11-19(13-20(29)12-17)21-7-9-31-27-25(21)33-28(34-27)26-22-14-23(18-6-3-8-30-15-18)32-16-24(22)35-36-26/h3,6-9,11-16H,4-5,10H2,1-2H3,(H,35,36)(H,31,33,34). The van der Waals surface area contributed by atoms with Crippen LogP contribution in [0.4, 0.5) is 4.39 Å². The first-order valence-electron chi connectivity index (χ1n) is 12.1. The highest BCUT2D eigenvalue weighted by Crippen LogP contribution is 2.32. The summed E-state index contributed by atoms with van der Waals surface area (Å²) in [5.74, 6) is 0.322. The van der Waals surface area contributed by atoms with Gasteiger partial charge in [-0.15, -0.1) is 0 Å². The molecule has 6 aromatic rings. The van der Waals surface area contributed by atoms with Crippen molar-refractivity contribution in [2.24, 2.45) is 0 Å². The molecular weight excluding hydrogens is 467 g/mol. The van der Waals surface area contributed by atoms with Crippen LogP contribution >= 0.6 is 0 Å². The molecule has 184 valence electrons. The number of nitrogens with one attached hydrogen (secondary N) is 2. The summed E-state index contributed by atoms with van der Waals surface area (Å²) in [7, 11) is 4.08. The number of benzene rings is 1. The second-order valence-electron chi connectivity index (χ2n) is 9.33. The van der Waals surface area contributed by atoms with Crippen molar-refractivity contribution in [3.05, 3.63) is 78.6 Å². The minimum atomic E-state index is -0.254. The molecule has 0 spiro atoms. The second-order valence-corrected chi connectivity index (χ2v) is 9.33. The van der Waals surface area contributed by atoms with E-state index in [0.29, 0.717) is 17.2 Å². The maximum atomic E-state index is 14.6. The Morgan fingerprint density at radius 2 is 1.89 bits per heavy atom. The SMILES string of the molecule is CN(C)CCCc1cc(F)cc(-c2ccnc3nc(-c4n[nH]c5cnc(-c6cccnc6)cc45)[nH]c23)c1. The van der Waals surface area contributed by atoms with Gasteiger partial charge in [-0.3, -0.25) is 15.1 Å². The molecule has 0 aliphatic rings. The van der Waals surface area contributed by atoms with Gasteiger partial charge in [-0.1, -0.05) is 6.07 Å². The fraction of sp³-hybridized carbons (Fsp3) is 0.179. The highest BCUT2D eigenvalue weighted by atomic mass is 19.1. The molecule has 5 aromatic heterocycles. The van der Waals surface area contributed by atoms with Crippen molar-refractivity contribution in [1.82, 2.24) is 40.0 Å². The number of aryl methyl sites for hydroxylation is 1. The average Bonchev–Trinajstić information content (AvgIpc) is 3.52. The van der Waals surface area contributed by atoms with Crippen LogP contribution in [0.15, 0.2) is 67.3 Å². The molecule has 1 aromatic carbocycles. The molecule has 0 atom stereocenters. The van der Waals surface area contributed by atoms with Crippen molar-refractivity contribution < 1.29 is 4.39 Å². The number of aromatic nitrogens is 7. The van der Waals surface area contributed by atoms with Crippen LogP contribution in [0.2, 0.25) is 0 Å². The number of halogens is 1. The first kappa shape index (κ1) is 22.9. The number of nitrogens with zero attached hydrogens (tertiary/aromatic N) is 6. The molecule has 0 unspecified atom stereocenters. The summed E-state index contributed by atoms with van der Waals surface area (Å²) < 4.78 is 14.6. The summed E-state index contributed by atoms with van der Waals surface area (Å²) in [4.78, 5) is 23.4. The van der Waals surface area contributed by atoms with E-state index in [2.05, 4.69) is 35.0 Å². The molecule has 0 saturated carbocycles. The molecule has 37 heavy (non-hydrogen) atoms. The third-order valence-corrected chi connectivity index (χ3v) is 6.36. The number of pyridine rings is 3. The number of aromatic amines is 2. The Labute approximate surface area is 212 Å². The van der Waals surface area contributed by atoms with E-state index in [-0.39, 0.29) is 5.82 Å². The molecule has 8 nitrogen and oxygen atoms in total. The van der Waals surface area contributed by atoms with Gasteiger partial charge >= 0.3 is 0 Å². The molecule has 0 radical (unpaired) electrons. The molecule has 0 amide bonds. The van der Waals surface area contributed by atoms with Gasteiger partial charge in [0.05, 0.1) is 22.9 Å². The van der Waals surface area contributed by atoms with Crippen molar-refractivity contribution in [3.8, 4) is 33.9 Å². The lowest BCUT2D eigenvalue weighted by Gasteiger charge is -2.10. The maximum absolute atomic E-state index is 14.6. The summed E-state index contributed by atoms with van der Waals surface area (Å²) in [6.07, 6.45) is 8.72. The van der Waals surface area contributed by atoms with E-state index in [1.54, 1.807) is 36.9 Å². The number of H-pyrrole nitrogens is 2. The van der Waals surface area contributed by atoms with Crippen molar-refractivity contribution >= 4 is 22.1 Å². The van der Waals surface area contributed by atoms with Crippen LogP contribution < -0.4 is 0 Å². The molecule has 5 heterocycles. The molecule has 0 fully saturated rings. The minimum Gasteiger partial charge on any atom is -0.335 e. The van der Waals surface area contributed by atoms with Crippen LogP contribution in [0.5, 0.6) is 0 Å². The quantitative estimate of drug-likeness (QED) is 0.315. The predicted molar refractivity (Wildman–Crippen MR) is 142 cm³/mol. The topological polar surface area (TPSA) is 99.3 Å². The smallest absolute Gasteiger partial charge is 0.178 e. The van der Waals surface area contributed by atoms with Gasteiger partial charge < -0.3 is 9.88 Å². The van der Waals surface area contributed by atoms with Crippen LogP contribution in [0.1, 0.15) is 12.0 Å². The van der Waals surface area contributed by atoms with Gasteiger partial charge in [0.15, 0.2) is 11.5 Å². The Balaban J connectivity index is 1.41. The highest BCUT2D eigenvalue weighted by molar-refractivity contribution is 5.96. The van der Waals surface area contributed by atoms with Gasteiger partial charge in [-0.2, -0.15) is 5.10 Å². The average molecular weight is 493 g/mol. The predicted octanol–water partition coefficient (Wildman–Crippen LogP) is 5.26. The van der Waals surface area contributed by atoms with E-state index in [4.69, 9.17) is 4.98 Å². The van der Waals surface area contributed by atoms with Crippen LogP contribution in [0.3, 0.4) is 0 Å². The number of imidazole rings is 1. The summed E-state index contributed by atoms with van der Waals surface area (Å²) in [6.45, 7) is 0.949. The van der Waals surface area contributed by atoms with E-state index >= 15 is 0 Å². The third kappa shape index (κ3) is 4.56. The number of hydrogen-bond donors (Lipinski definition) is 2. The maximum Gasteiger partial charge on any atom is 0.178 e. The van der Waals surface area contributed by atoms with Crippen molar-refractivity contribution in [1.29, 1.82) is 0 Å². The van der Waals surface area contributed by atoms with E-state index in [1.807, 2.05) is 44.4 Å². The first-order chi connectivity index (χ1) is 18.0. The molecular formula is C28H25FN8. The van der Waals surface area contributed by atoms with Crippen molar-refractivity contribution in [3.63, 3.8) is 0 Å². The zero-order chi connectivity index (χ0) is 25.4. The van der Waals surface area contributed by atoms with E-state index in [9.17, 15) is 4.39 Å². The third-order valence-electron chi connectivity index (χ3n) is 6.36. The van der Waals surface area contributed by atoms with Gasteiger partial charge in [-0.25, -0.2) is 14.4 Å². The molecule has 9 heteroatoms. The molecule has 0 saturated heterocycles. The lowest BCUT2D eigenvalue weighted by Crippen LogP contribution is -2.13. The number of fused-ring (bicyclic) bond motifs is 2. The monoisotopic (exact) mass is 492 g/mol. The summed E-state index contributed by atoms with van der Waals surface area (Å²) in [5, 5.41) is 8.42. The van der Waals surface area contributed by atoms with E-state index in [1.165, 1.54) is 0 Å². The number of rotatable bonds is 7. The normalized spacial score (nSPS) is 11.7. The molecule has 0 aliphatic heterocycles. The Bertz CT molecular complexity index is 1700. The fourth-order valence-corrected chi connectivity index (χ4v) is 4.58. The highest BCUT2D eigenvalue weighted by Gasteiger charge is 2.17. The lowest BCUT2D eigenvalue weighted by atomic mass is 10.0. The molecule has 0 aliphatic carbocycles. The lowest BCUT2D eigenvalue weighted by molar-refractivity contribution is 0.400. The summed E-state index contributed by atoms with van der Waals surface area (Å²) in [5.41, 5.74) is 7.04. The zero-order valence-electron chi connectivity index (χ0n) is 20.5. The second kappa shape index (κ2) is 9.51. The Morgan fingerprint density at radius 1 is 0.973 bits per heavy atom. The summed E-state index contributed by atoms with van der Waals surface area (Å²) in [6, 6.07) is 12.9. The minimum absolute atomic E-state index is 0.254. The van der Waals surface area contributed by atoms with Gasteiger partial charge in [0, 0.05) is 35.1 Å². The Morgan fingerprint density at radius 3 is 2.73 bits per heavy atom. The molecule has 2 N–H and O–H groups in total. The van der Waals surface area contributed by atoms with Crippen molar-refractivity contribution in [2.45, 2.75) is 12.8 Å². The summed E-state index contributed by atoms with van der Waals surface area (Å²) >= 11 is 0.